The van der Waals surface area contributed by atoms with E-state index in [1.54, 1.807) is 0 Å². The minimum absolute atomic E-state index is 0.258. The molecule has 2 N–H and O–H groups in total. The lowest BCUT2D eigenvalue weighted by molar-refractivity contribution is 0.255. The first kappa shape index (κ1) is 16.3. The van der Waals surface area contributed by atoms with E-state index in [4.69, 9.17) is 0 Å². The van der Waals surface area contributed by atoms with E-state index in [1.165, 1.54) is 30.5 Å². The Labute approximate surface area is 129 Å². The number of nitrogens with one attached hydrogen (secondary N) is 1. The molecule has 0 spiro atoms. The van der Waals surface area contributed by atoms with E-state index >= 15 is 0 Å². The number of aliphatic hydroxyl groups is 1. The molecule has 1 heterocycles. The van der Waals surface area contributed by atoms with Crippen LogP contribution < -0.4 is 10.2 Å². The molecular weight excluding hydrogens is 260 g/mol. The van der Waals surface area contributed by atoms with Gasteiger partial charge in [-0.25, -0.2) is 0 Å². The zero-order valence-corrected chi connectivity index (χ0v) is 13.5. The highest BCUT2D eigenvalue weighted by Gasteiger charge is 2.22. The largest absolute Gasteiger partial charge is 0.394 e. The molecule has 1 unspecified atom stereocenters. The highest BCUT2D eigenvalue weighted by atomic mass is 16.3. The van der Waals surface area contributed by atoms with E-state index in [1.807, 2.05) is 0 Å². The number of hydrogen-bond donors (Lipinski definition) is 2. The second kappa shape index (κ2) is 8.40. The molecule has 1 aromatic rings. The minimum atomic E-state index is 0.258. The smallest absolute Gasteiger partial charge is 0.0635 e. The number of anilines is 1. The van der Waals surface area contributed by atoms with Gasteiger partial charge in [-0.3, -0.25) is 0 Å². The number of nitrogens with zero attached hydrogens (tertiary/aromatic N) is 1. The SMILES string of the molecule is CC(C)CNCc1ccccc1N1CCCCCC1CO. The van der Waals surface area contributed by atoms with Gasteiger partial charge in [-0.05, 0) is 36.9 Å². The van der Waals surface area contributed by atoms with Crippen LogP contribution in [0.4, 0.5) is 5.69 Å². The average molecular weight is 290 g/mol. The molecule has 0 aliphatic carbocycles. The van der Waals surface area contributed by atoms with Crippen molar-refractivity contribution in [2.24, 2.45) is 5.92 Å². The molecule has 0 amide bonds. The zero-order valence-electron chi connectivity index (χ0n) is 13.5. The lowest BCUT2D eigenvalue weighted by atomic mass is 10.1. The Morgan fingerprint density at radius 1 is 1.24 bits per heavy atom. The number of benzene rings is 1. The summed E-state index contributed by atoms with van der Waals surface area (Å²) in [6.07, 6.45) is 4.84. The lowest BCUT2D eigenvalue weighted by Gasteiger charge is -2.32. The molecule has 0 saturated carbocycles. The Morgan fingerprint density at radius 3 is 2.81 bits per heavy atom. The molecule has 2 rings (SSSR count). The van der Waals surface area contributed by atoms with Gasteiger partial charge in [0.1, 0.15) is 0 Å². The van der Waals surface area contributed by atoms with E-state index in [2.05, 4.69) is 48.3 Å². The summed E-state index contributed by atoms with van der Waals surface area (Å²) in [7, 11) is 0. The summed E-state index contributed by atoms with van der Waals surface area (Å²) in [6, 6.07) is 8.92. The first-order valence-corrected chi connectivity index (χ1v) is 8.38. The van der Waals surface area contributed by atoms with Crippen molar-refractivity contribution in [3.05, 3.63) is 29.8 Å². The van der Waals surface area contributed by atoms with E-state index < -0.39 is 0 Å². The molecule has 1 aliphatic rings. The van der Waals surface area contributed by atoms with Crippen LogP contribution in [0.25, 0.3) is 0 Å². The van der Waals surface area contributed by atoms with Gasteiger partial charge in [0.2, 0.25) is 0 Å². The maximum Gasteiger partial charge on any atom is 0.0635 e. The van der Waals surface area contributed by atoms with Gasteiger partial charge in [-0.2, -0.15) is 0 Å². The van der Waals surface area contributed by atoms with Crippen LogP contribution in [-0.2, 0) is 6.54 Å². The number of para-hydroxylation sites is 1. The van der Waals surface area contributed by atoms with Crippen molar-refractivity contribution in [2.45, 2.75) is 52.1 Å². The van der Waals surface area contributed by atoms with Crippen LogP contribution in [0.5, 0.6) is 0 Å². The van der Waals surface area contributed by atoms with Gasteiger partial charge in [0.25, 0.3) is 0 Å². The summed E-state index contributed by atoms with van der Waals surface area (Å²) in [5, 5.41) is 13.3. The molecule has 3 nitrogen and oxygen atoms in total. The number of hydrogen-bond acceptors (Lipinski definition) is 3. The standard InChI is InChI=1S/C18H30N2O/c1-15(2)12-19-13-16-8-5-6-10-18(16)20-11-7-3-4-9-17(20)14-21/h5-6,8,10,15,17,19,21H,3-4,7,9,11-14H2,1-2H3. The topological polar surface area (TPSA) is 35.5 Å². The summed E-state index contributed by atoms with van der Waals surface area (Å²) >= 11 is 0. The Kier molecular flexibility index (Phi) is 6.52. The summed E-state index contributed by atoms with van der Waals surface area (Å²) in [5.74, 6) is 0.667. The number of rotatable bonds is 6. The van der Waals surface area contributed by atoms with Crippen LogP contribution in [-0.4, -0.2) is 30.8 Å². The van der Waals surface area contributed by atoms with Crippen LogP contribution in [0.2, 0.25) is 0 Å². The Hall–Kier alpha value is -1.06. The Balaban J connectivity index is 2.12. The fraction of sp³-hybridized carbons (Fsp3) is 0.667. The van der Waals surface area contributed by atoms with Crippen LogP contribution in [0, 0.1) is 5.92 Å². The predicted octanol–water partition coefficient (Wildman–Crippen LogP) is 3.17. The molecule has 1 saturated heterocycles. The van der Waals surface area contributed by atoms with Crippen molar-refractivity contribution in [2.75, 3.05) is 24.6 Å². The van der Waals surface area contributed by atoms with Crippen molar-refractivity contribution in [1.29, 1.82) is 0 Å². The van der Waals surface area contributed by atoms with E-state index in [9.17, 15) is 5.11 Å². The molecule has 0 aromatic heterocycles. The van der Waals surface area contributed by atoms with E-state index in [0.29, 0.717) is 5.92 Å². The monoisotopic (exact) mass is 290 g/mol. The first-order chi connectivity index (χ1) is 10.2. The van der Waals surface area contributed by atoms with Gasteiger partial charge < -0.3 is 15.3 Å². The molecule has 3 heteroatoms. The highest BCUT2D eigenvalue weighted by Crippen LogP contribution is 2.27. The maximum absolute atomic E-state index is 9.73. The molecular formula is C18H30N2O. The Bertz CT molecular complexity index is 419. The van der Waals surface area contributed by atoms with E-state index in [0.717, 1.165) is 26.1 Å². The van der Waals surface area contributed by atoms with Crippen LogP contribution >= 0.6 is 0 Å². The first-order valence-electron chi connectivity index (χ1n) is 8.38. The molecule has 0 radical (unpaired) electrons. The Morgan fingerprint density at radius 2 is 2.05 bits per heavy atom. The third-order valence-corrected chi connectivity index (χ3v) is 4.26. The average Bonchev–Trinajstić information content (AvgIpc) is 2.72. The summed E-state index contributed by atoms with van der Waals surface area (Å²) in [5.41, 5.74) is 2.65. The molecule has 1 atom stereocenters. The van der Waals surface area contributed by atoms with Crippen LogP contribution in [0.15, 0.2) is 24.3 Å². The predicted molar refractivity (Wildman–Crippen MR) is 89.7 cm³/mol. The van der Waals surface area contributed by atoms with Crippen molar-refractivity contribution in [3.63, 3.8) is 0 Å². The molecule has 1 aliphatic heterocycles. The molecule has 0 bridgehead atoms. The van der Waals surface area contributed by atoms with Crippen LogP contribution in [0.3, 0.4) is 0 Å². The summed E-state index contributed by atoms with van der Waals surface area (Å²) < 4.78 is 0. The van der Waals surface area contributed by atoms with Gasteiger partial charge >= 0.3 is 0 Å². The van der Waals surface area contributed by atoms with Gasteiger partial charge in [0.15, 0.2) is 0 Å². The number of aliphatic hydroxyl groups excluding tert-OH is 1. The second-order valence-electron chi connectivity index (χ2n) is 6.53. The van der Waals surface area contributed by atoms with Gasteiger partial charge in [0, 0.05) is 18.8 Å². The van der Waals surface area contributed by atoms with Gasteiger partial charge in [0.05, 0.1) is 12.6 Å². The van der Waals surface area contributed by atoms with Crippen molar-refractivity contribution < 1.29 is 5.11 Å². The molecule has 1 aromatic carbocycles. The van der Waals surface area contributed by atoms with Gasteiger partial charge in [-0.15, -0.1) is 0 Å². The van der Waals surface area contributed by atoms with Gasteiger partial charge in [-0.1, -0.05) is 44.9 Å². The highest BCUT2D eigenvalue weighted by molar-refractivity contribution is 5.54. The fourth-order valence-corrected chi connectivity index (χ4v) is 3.12. The fourth-order valence-electron chi connectivity index (χ4n) is 3.12. The minimum Gasteiger partial charge on any atom is -0.394 e. The summed E-state index contributed by atoms with van der Waals surface area (Å²) in [4.78, 5) is 2.43. The lowest BCUT2D eigenvalue weighted by Crippen LogP contribution is -2.38. The van der Waals surface area contributed by atoms with Crippen molar-refractivity contribution >= 4 is 5.69 Å². The molecule has 21 heavy (non-hydrogen) atoms. The quantitative estimate of drug-likeness (QED) is 0.844. The van der Waals surface area contributed by atoms with Crippen molar-refractivity contribution in [1.82, 2.24) is 5.32 Å². The second-order valence-corrected chi connectivity index (χ2v) is 6.53. The van der Waals surface area contributed by atoms with E-state index in [-0.39, 0.29) is 12.6 Å². The zero-order chi connectivity index (χ0) is 15.1. The maximum atomic E-state index is 9.73. The molecule has 118 valence electrons. The van der Waals surface area contributed by atoms with Crippen LogP contribution in [0.1, 0.15) is 45.1 Å². The third-order valence-electron chi connectivity index (χ3n) is 4.26. The van der Waals surface area contributed by atoms with Crippen molar-refractivity contribution in [3.8, 4) is 0 Å². The summed E-state index contributed by atoms with van der Waals surface area (Å²) in [6.45, 7) is 7.73. The molecule has 1 fully saturated rings. The third kappa shape index (κ3) is 4.72. The normalized spacial score (nSPS) is 19.8.